The summed E-state index contributed by atoms with van der Waals surface area (Å²) in [6.07, 6.45) is -3.59. The minimum atomic E-state index is -1.81. The first-order valence-corrected chi connectivity index (χ1v) is 12.7. The van der Waals surface area contributed by atoms with Crippen molar-refractivity contribution < 1.29 is 83.3 Å². The Morgan fingerprint density at radius 2 is 0.929 bits per heavy atom. The fourth-order valence-electron chi connectivity index (χ4n) is 5.01. The first-order valence-electron chi connectivity index (χ1n) is 12.7. The van der Waals surface area contributed by atoms with E-state index in [1.165, 1.54) is 19.2 Å². The van der Waals surface area contributed by atoms with Crippen LogP contribution in [-0.4, -0.2) is 85.6 Å². The average molecular weight is 762 g/mol. The summed E-state index contributed by atoms with van der Waals surface area (Å²) in [5.74, 6) is -1.55. The van der Waals surface area contributed by atoms with Crippen LogP contribution in [0.2, 0.25) is 0 Å². The third kappa shape index (κ3) is 7.21. The van der Waals surface area contributed by atoms with Gasteiger partial charge in [-0.2, -0.15) is 0 Å². The molecule has 0 aromatic heterocycles. The number of aliphatic hydroxyl groups is 4. The summed E-state index contributed by atoms with van der Waals surface area (Å²) in [6, 6.07) is 9.06. The van der Waals surface area contributed by atoms with Crippen molar-refractivity contribution in [2.75, 3.05) is 7.11 Å². The molecule has 0 spiro atoms. The standard InChI is InChI=1S/C15H19NO5.C14H17NO4.2Rh/c1-15(2,3)11(14(19)20)16-12(17)9-6-5-8(21-4)7-10(9)13(16)18;1-14(2,3)10(13(18)19)15-11(16)8-6-4-5-7-9(8)12(15)17;;/h5-7,11,14,19-20H,1-4H3;4-7,10,13,18-19H,1-3H3;;/t11-;10-;;/m11../s1. The fourth-order valence-corrected chi connectivity index (χ4v) is 5.01. The number of carbonyl (C=O) groups is 4. The molecule has 0 unspecified atom stereocenters. The molecule has 0 saturated carbocycles. The van der Waals surface area contributed by atoms with Crippen LogP contribution in [0.5, 0.6) is 5.75 Å². The summed E-state index contributed by atoms with van der Waals surface area (Å²) < 4.78 is 5.05. The maximum absolute atomic E-state index is 12.5. The van der Waals surface area contributed by atoms with Crippen molar-refractivity contribution in [2.24, 2.45) is 10.8 Å². The number of carbonyl (C=O) groups excluding carboxylic acids is 4. The van der Waals surface area contributed by atoms with Crippen LogP contribution in [0.25, 0.3) is 0 Å². The average Bonchev–Trinajstić information content (AvgIpc) is 3.23. The van der Waals surface area contributed by atoms with Gasteiger partial charge in [0.1, 0.15) is 5.75 Å². The molecule has 2 radical (unpaired) electrons. The van der Waals surface area contributed by atoms with E-state index in [-0.39, 0.29) is 50.1 Å². The second-order valence-corrected chi connectivity index (χ2v) is 11.9. The van der Waals surface area contributed by atoms with Gasteiger partial charge in [0, 0.05) is 39.0 Å². The van der Waals surface area contributed by atoms with Crippen LogP contribution >= 0.6 is 0 Å². The molecular formula is C29H36N2O9Rh2. The smallest absolute Gasteiger partial charge is 0.262 e. The van der Waals surface area contributed by atoms with E-state index in [2.05, 4.69) is 0 Å². The summed E-state index contributed by atoms with van der Waals surface area (Å²) in [7, 11) is 1.47. The number of methoxy groups -OCH3 is 1. The molecule has 0 saturated heterocycles. The molecule has 11 nitrogen and oxygen atoms in total. The first kappa shape index (κ1) is 37.6. The molecule has 4 N–H and O–H groups in total. The van der Waals surface area contributed by atoms with Crippen molar-refractivity contribution in [3.05, 3.63) is 64.7 Å². The predicted octanol–water partition coefficient (Wildman–Crippen LogP) is 2.02. The Morgan fingerprint density at radius 3 is 1.24 bits per heavy atom. The fraction of sp³-hybridized carbons (Fsp3) is 0.448. The number of rotatable bonds is 5. The van der Waals surface area contributed by atoms with Gasteiger partial charge in [-0.25, -0.2) is 0 Å². The molecule has 13 heteroatoms. The summed E-state index contributed by atoms with van der Waals surface area (Å²) >= 11 is 0. The third-order valence-electron chi connectivity index (χ3n) is 6.85. The zero-order valence-corrected chi connectivity index (χ0v) is 27.5. The number of nitrogens with zero attached hydrogens (tertiary/aromatic N) is 2. The van der Waals surface area contributed by atoms with E-state index >= 15 is 0 Å². The number of hydrogen-bond donors (Lipinski definition) is 4. The van der Waals surface area contributed by atoms with E-state index in [9.17, 15) is 39.6 Å². The van der Waals surface area contributed by atoms with Crippen molar-refractivity contribution >= 4 is 23.6 Å². The summed E-state index contributed by atoms with van der Waals surface area (Å²) in [5, 5.41) is 38.3. The van der Waals surface area contributed by atoms with Gasteiger partial charge in [-0.15, -0.1) is 0 Å². The van der Waals surface area contributed by atoms with Gasteiger partial charge < -0.3 is 25.2 Å². The second kappa shape index (κ2) is 13.9. The van der Waals surface area contributed by atoms with Crippen LogP contribution in [0.4, 0.5) is 0 Å². The van der Waals surface area contributed by atoms with E-state index < -0.39 is 59.1 Å². The van der Waals surface area contributed by atoms with Crippen molar-refractivity contribution in [3.63, 3.8) is 0 Å². The number of amides is 4. The van der Waals surface area contributed by atoms with Gasteiger partial charge in [0.05, 0.1) is 41.4 Å². The van der Waals surface area contributed by atoms with Crippen LogP contribution in [-0.2, 0) is 39.0 Å². The Hall–Kier alpha value is -2.39. The number of aliphatic hydroxyl groups excluding tert-OH is 2. The van der Waals surface area contributed by atoms with Crippen LogP contribution in [0.15, 0.2) is 42.5 Å². The Kier molecular flexibility index (Phi) is 12.5. The Bertz CT molecular complexity index is 1300. The summed E-state index contributed by atoms with van der Waals surface area (Å²) in [6.45, 7) is 10.5. The van der Waals surface area contributed by atoms with Crippen LogP contribution in [0, 0.1) is 10.8 Å². The SMILES string of the molecule is CC(C)(C)[C@@H](C(O)O)N1C(=O)c2ccccc2C1=O.COc1ccc2c(c1)C(=O)N([C@H](C(O)O)C(C)(C)C)C2=O.[Rh].[Rh]. The monoisotopic (exact) mass is 762 g/mol. The zero-order chi connectivity index (χ0) is 30.3. The molecule has 0 bridgehead atoms. The van der Waals surface area contributed by atoms with Gasteiger partial charge in [0.25, 0.3) is 23.6 Å². The summed E-state index contributed by atoms with van der Waals surface area (Å²) in [5.41, 5.74) is -0.234. The number of hydrogen-bond acceptors (Lipinski definition) is 9. The summed E-state index contributed by atoms with van der Waals surface area (Å²) in [4.78, 5) is 51.4. The number of fused-ring (bicyclic) bond motifs is 2. The van der Waals surface area contributed by atoms with Crippen molar-refractivity contribution in [1.82, 2.24) is 9.80 Å². The van der Waals surface area contributed by atoms with Gasteiger partial charge in [0.2, 0.25) is 0 Å². The number of imide groups is 2. The molecule has 2 aliphatic rings. The molecule has 2 aromatic rings. The van der Waals surface area contributed by atoms with E-state index in [1.54, 1.807) is 71.9 Å². The predicted molar refractivity (Wildman–Crippen MR) is 143 cm³/mol. The van der Waals surface area contributed by atoms with Crippen molar-refractivity contribution in [2.45, 2.75) is 66.2 Å². The molecule has 2 heterocycles. The topological polar surface area (TPSA) is 165 Å². The largest absolute Gasteiger partial charge is 0.497 e. The van der Waals surface area contributed by atoms with Gasteiger partial charge >= 0.3 is 0 Å². The van der Waals surface area contributed by atoms with Crippen molar-refractivity contribution in [1.29, 1.82) is 0 Å². The van der Waals surface area contributed by atoms with E-state index in [1.807, 2.05) is 0 Å². The second-order valence-electron chi connectivity index (χ2n) is 11.9. The van der Waals surface area contributed by atoms with Gasteiger partial charge in [-0.05, 0) is 41.2 Å². The molecule has 2 aromatic carbocycles. The molecule has 0 fully saturated rings. The number of benzene rings is 2. The molecule has 2 atom stereocenters. The molecule has 42 heavy (non-hydrogen) atoms. The zero-order valence-electron chi connectivity index (χ0n) is 24.2. The van der Waals surface area contributed by atoms with Gasteiger partial charge in [0.15, 0.2) is 12.6 Å². The molecule has 4 rings (SSSR count). The minimum absolute atomic E-state index is 0. The van der Waals surface area contributed by atoms with E-state index in [0.717, 1.165) is 9.80 Å². The van der Waals surface area contributed by atoms with E-state index in [4.69, 9.17) is 4.74 Å². The normalized spacial score (nSPS) is 15.9. The quantitative estimate of drug-likeness (QED) is 0.203. The van der Waals surface area contributed by atoms with Crippen LogP contribution < -0.4 is 4.74 Å². The molecular weight excluding hydrogens is 726 g/mol. The van der Waals surface area contributed by atoms with Gasteiger partial charge in [-0.1, -0.05) is 53.7 Å². The third-order valence-corrected chi connectivity index (χ3v) is 6.85. The van der Waals surface area contributed by atoms with Crippen LogP contribution in [0.3, 0.4) is 0 Å². The van der Waals surface area contributed by atoms with Crippen molar-refractivity contribution in [3.8, 4) is 5.75 Å². The number of ether oxygens (including phenoxy) is 1. The first-order chi connectivity index (χ1) is 18.4. The van der Waals surface area contributed by atoms with Gasteiger partial charge in [-0.3, -0.25) is 29.0 Å². The Labute approximate surface area is 270 Å². The van der Waals surface area contributed by atoms with E-state index in [0.29, 0.717) is 16.9 Å². The maximum atomic E-state index is 12.5. The minimum Gasteiger partial charge on any atom is -0.497 e. The molecule has 234 valence electrons. The Morgan fingerprint density at radius 1 is 0.595 bits per heavy atom. The molecule has 0 aliphatic carbocycles. The Balaban J connectivity index is 0.000000403. The molecule has 2 aliphatic heterocycles. The van der Waals surface area contributed by atoms with Crippen LogP contribution in [0.1, 0.15) is 83.0 Å². The molecule has 4 amide bonds. The maximum Gasteiger partial charge on any atom is 0.262 e.